The molecule has 1 heterocycles. The van der Waals surface area contributed by atoms with Crippen molar-refractivity contribution in [2.24, 2.45) is 0 Å². The van der Waals surface area contributed by atoms with Crippen LogP contribution in [0.4, 0.5) is 11.4 Å². The predicted octanol–water partition coefficient (Wildman–Crippen LogP) is 7.05. The zero-order valence-corrected chi connectivity index (χ0v) is 27.2. The highest BCUT2D eigenvalue weighted by molar-refractivity contribution is 9.10. The normalized spacial score (nSPS) is 14.8. The molecule has 1 saturated heterocycles. The van der Waals surface area contributed by atoms with Gasteiger partial charge in [-0.1, -0.05) is 46.3 Å². The molecule has 0 spiro atoms. The summed E-state index contributed by atoms with van der Waals surface area (Å²) in [5.74, 6) is -0.927. The van der Waals surface area contributed by atoms with Crippen molar-refractivity contribution in [1.29, 1.82) is 0 Å². The van der Waals surface area contributed by atoms with E-state index in [2.05, 4.69) is 42.5 Å². The van der Waals surface area contributed by atoms with Crippen molar-refractivity contribution in [2.75, 3.05) is 17.3 Å². The van der Waals surface area contributed by atoms with Gasteiger partial charge < -0.3 is 15.4 Å². The second kappa shape index (κ2) is 14.1. The fraction of sp³-hybridized carbons (Fsp3) is 0.0909. The third-order valence-electron chi connectivity index (χ3n) is 6.58. The predicted molar refractivity (Wildman–Crippen MR) is 179 cm³/mol. The third kappa shape index (κ3) is 7.47. The summed E-state index contributed by atoms with van der Waals surface area (Å²) in [6.07, 6.45) is 1.63. The van der Waals surface area contributed by atoms with Crippen molar-refractivity contribution in [3.05, 3.63) is 123 Å². The maximum Gasteiger partial charge on any atom is 0.272 e. The molecule has 5 rings (SSSR count). The first-order chi connectivity index (χ1) is 21.2. The van der Waals surface area contributed by atoms with Crippen LogP contribution in [0.1, 0.15) is 22.3 Å². The fourth-order valence-electron chi connectivity index (χ4n) is 4.45. The van der Waals surface area contributed by atoms with Crippen molar-refractivity contribution in [3.63, 3.8) is 0 Å². The van der Waals surface area contributed by atoms with E-state index in [4.69, 9.17) is 4.74 Å². The SMILES string of the molecule is COc1ccc(C=C(NC(=O)c2ccccc2)C(=O)Nc2cccc(SC3CC(=O)N(c4ccc(Br)cc4)C3=O)c2)cc1Br. The molecule has 1 aliphatic heterocycles. The van der Waals surface area contributed by atoms with Gasteiger partial charge in [-0.2, -0.15) is 0 Å². The lowest BCUT2D eigenvalue weighted by Gasteiger charge is -2.15. The first-order valence-electron chi connectivity index (χ1n) is 13.3. The third-order valence-corrected chi connectivity index (χ3v) is 8.90. The molecule has 4 aromatic rings. The molecular weight excluding hydrogens is 710 g/mol. The van der Waals surface area contributed by atoms with Crippen LogP contribution < -0.4 is 20.3 Å². The number of nitrogens with zero attached hydrogens (tertiary/aromatic N) is 1. The summed E-state index contributed by atoms with van der Waals surface area (Å²) in [4.78, 5) is 54.3. The van der Waals surface area contributed by atoms with Gasteiger partial charge in [0.1, 0.15) is 11.4 Å². The first-order valence-corrected chi connectivity index (χ1v) is 15.8. The van der Waals surface area contributed by atoms with Gasteiger partial charge in [-0.05, 0) is 94.3 Å². The number of carbonyl (C=O) groups excluding carboxylic acids is 4. The molecule has 222 valence electrons. The molecule has 1 unspecified atom stereocenters. The van der Waals surface area contributed by atoms with Crippen LogP contribution in [0.15, 0.2) is 117 Å². The van der Waals surface area contributed by atoms with Crippen molar-refractivity contribution in [1.82, 2.24) is 5.32 Å². The highest BCUT2D eigenvalue weighted by atomic mass is 79.9. The van der Waals surface area contributed by atoms with Crippen LogP contribution >= 0.6 is 43.6 Å². The van der Waals surface area contributed by atoms with E-state index < -0.39 is 17.1 Å². The molecule has 1 fully saturated rings. The number of nitrogens with one attached hydrogen (secondary N) is 2. The van der Waals surface area contributed by atoms with Gasteiger partial charge in [0.25, 0.3) is 11.8 Å². The van der Waals surface area contributed by atoms with Gasteiger partial charge >= 0.3 is 0 Å². The number of methoxy groups -OCH3 is 1. The van der Waals surface area contributed by atoms with Gasteiger partial charge in [-0.3, -0.25) is 19.2 Å². The van der Waals surface area contributed by atoms with Crippen molar-refractivity contribution < 1.29 is 23.9 Å². The van der Waals surface area contributed by atoms with Gasteiger partial charge in [0, 0.05) is 27.0 Å². The van der Waals surface area contributed by atoms with Crippen LogP contribution in [0.2, 0.25) is 0 Å². The van der Waals surface area contributed by atoms with E-state index in [-0.39, 0.29) is 23.9 Å². The van der Waals surface area contributed by atoms with E-state index in [1.807, 2.05) is 6.07 Å². The fourth-order valence-corrected chi connectivity index (χ4v) is 6.38. The van der Waals surface area contributed by atoms with Crippen LogP contribution in [0, 0.1) is 0 Å². The quantitative estimate of drug-likeness (QED) is 0.141. The van der Waals surface area contributed by atoms with Crippen LogP contribution in [-0.4, -0.2) is 36.0 Å². The maximum absolute atomic E-state index is 13.5. The van der Waals surface area contributed by atoms with Crippen molar-refractivity contribution >= 4 is 84.7 Å². The van der Waals surface area contributed by atoms with E-state index in [1.54, 1.807) is 104 Å². The molecule has 4 amide bonds. The van der Waals surface area contributed by atoms with E-state index in [0.717, 1.165) is 4.47 Å². The zero-order valence-electron chi connectivity index (χ0n) is 23.3. The molecule has 0 saturated carbocycles. The van der Waals surface area contributed by atoms with Gasteiger partial charge in [0.2, 0.25) is 11.8 Å². The lowest BCUT2D eigenvalue weighted by atomic mass is 10.1. The van der Waals surface area contributed by atoms with E-state index in [9.17, 15) is 19.2 Å². The smallest absolute Gasteiger partial charge is 0.272 e. The lowest BCUT2D eigenvalue weighted by molar-refractivity contribution is -0.121. The van der Waals surface area contributed by atoms with Crippen LogP contribution in [0.3, 0.4) is 0 Å². The number of halogens is 2. The molecule has 2 N–H and O–H groups in total. The van der Waals surface area contributed by atoms with Crippen LogP contribution in [0.5, 0.6) is 5.75 Å². The largest absolute Gasteiger partial charge is 0.496 e. The average molecular weight is 735 g/mol. The minimum atomic E-state index is -0.605. The summed E-state index contributed by atoms with van der Waals surface area (Å²) in [5, 5.41) is 4.96. The Hall–Kier alpha value is -4.19. The van der Waals surface area contributed by atoms with Crippen LogP contribution in [0.25, 0.3) is 6.08 Å². The highest BCUT2D eigenvalue weighted by Crippen LogP contribution is 2.35. The van der Waals surface area contributed by atoms with Gasteiger partial charge in [0.15, 0.2) is 0 Å². The summed E-state index contributed by atoms with van der Waals surface area (Å²) in [7, 11) is 1.56. The Morgan fingerprint density at radius 3 is 2.39 bits per heavy atom. The molecule has 0 bridgehead atoms. The second-order valence-corrected chi connectivity index (χ2v) is 12.7. The molecule has 0 aliphatic carbocycles. The van der Waals surface area contributed by atoms with Gasteiger partial charge in [-0.15, -0.1) is 11.8 Å². The minimum Gasteiger partial charge on any atom is -0.496 e. The van der Waals surface area contributed by atoms with Crippen LogP contribution in [-0.2, 0) is 14.4 Å². The first kappa shape index (κ1) is 31.2. The summed E-state index contributed by atoms with van der Waals surface area (Å²) in [5.41, 5.74) is 2.05. The number of ether oxygens (including phenoxy) is 1. The molecule has 8 nitrogen and oxygen atoms in total. The van der Waals surface area contributed by atoms with Crippen molar-refractivity contribution in [3.8, 4) is 5.75 Å². The van der Waals surface area contributed by atoms with E-state index in [0.29, 0.717) is 37.6 Å². The molecule has 1 aliphatic rings. The molecule has 44 heavy (non-hydrogen) atoms. The number of amides is 4. The average Bonchev–Trinajstić information content (AvgIpc) is 3.29. The Balaban J connectivity index is 1.34. The second-order valence-electron chi connectivity index (χ2n) is 9.61. The maximum atomic E-state index is 13.5. The number of anilines is 2. The number of hydrogen-bond donors (Lipinski definition) is 2. The topological polar surface area (TPSA) is 105 Å². The molecule has 11 heteroatoms. The number of rotatable bonds is 9. The van der Waals surface area contributed by atoms with E-state index in [1.165, 1.54) is 16.7 Å². The molecule has 0 aromatic heterocycles. The summed E-state index contributed by atoms with van der Waals surface area (Å²) < 4.78 is 6.83. The Bertz CT molecular complexity index is 1760. The Morgan fingerprint density at radius 2 is 1.68 bits per heavy atom. The van der Waals surface area contributed by atoms with E-state index >= 15 is 0 Å². The van der Waals surface area contributed by atoms with Gasteiger partial charge in [0.05, 0.1) is 22.5 Å². The molecule has 0 radical (unpaired) electrons. The minimum absolute atomic E-state index is 0.0238. The lowest BCUT2D eigenvalue weighted by Crippen LogP contribution is -2.31. The zero-order chi connectivity index (χ0) is 31.2. The summed E-state index contributed by atoms with van der Waals surface area (Å²) in [6, 6.07) is 27.9. The number of imide groups is 1. The number of carbonyl (C=O) groups is 4. The molecule has 4 aromatic carbocycles. The molecular formula is C33H25Br2N3O5S. The molecule has 1 atom stereocenters. The number of thioether (sulfide) groups is 1. The Kier molecular flexibility index (Phi) is 9.99. The van der Waals surface area contributed by atoms with Gasteiger partial charge in [-0.25, -0.2) is 4.90 Å². The summed E-state index contributed by atoms with van der Waals surface area (Å²) in [6.45, 7) is 0. The standard InChI is InChI=1S/C33H25Br2N3O5S/c1-43-28-15-10-20(16-26(28)35)17-27(37-31(40)21-6-3-2-4-7-21)32(41)36-23-8-5-9-25(18-23)44-29-19-30(39)38(33(29)42)24-13-11-22(34)12-14-24/h2-18,29H,19H2,1H3,(H,36,41)(H,37,40). The Labute approximate surface area is 275 Å². The van der Waals surface area contributed by atoms with Crippen molar-refractivity contribution in [2.45, 2.75) is 16.6 Å². The summed E-state index contributed by atoms with van der Waals surface area (Å²) >= 11 is 8.08. The monoisotopic (exact) mass is 733 g/mol. The highest BCUT2D eigenvalue weighted by Gasteiger charge is 2.40. The number of benzene rings is 4. The number of hydrogen-bond acceptors (Lipinski definition) is 6. The Morgan fingerprint density at radius 1 is 0.932 bits per heavy atom.